The minimum atomic E-state index is 0.222. The van der Waals surface area contributed by atoms with Crippen molar-refractivity contribution in [3.63, 3.8) is 0 Å². The maximum absolute atomic E-state index is 12.2. The van der Waals surface area contributed by atoms with E-state index in [2.05, 4.69) is 16.9 Å². The van der Waals surface area contributed by atoms with Crippen molar-refractivity contribution in [2.75, 3.05) is 20.1 Å². The smallest absolute Gasteiger partial charge is 0.222 e. The van der Waals surface area contributed by atoms with Crippen LogP contribution in [0.1, 0.15) is 38.2 Å². The number of likely N-dealkylation sites (tertiary alicyclic amines) is 1. The zero-order valence-electron chi connectivity index (χ0n) is 12.9. The van der Waals surface area contributed by atoms with Crippen LogP contribution in [0, 0.1) is 0 Å². The molecule has 2 rings (SSSR count). The lowest BCUT2D eigenvalue weighted by atomic mass is 10.1. The van der Waals surface area contributed by atoms with Gasteiger partial charge in [-0.3, -0.25) is 9.48 Å². The molecule has 1 aromatic rings. The van der Waals surface area contributed by atoms with Gasteiger partial charge in [-0.1, -0.05) is 0 Å². The number of aryl methyl sites for hydroxylation is 1. The Morgan fingerprint density at radius 2 is 2.15 bits per heavy atom. The van der Waals surface area contributed by atoms with Crippen molar-refractivity contribution in [2.24, 2.45) is 7.05 Å². The van der Waals surface area contributed by atoms with Crippen molar-refractivity contribution in [3.05, 3.63) is 18.0 Å². The Labute approximate surface area is 121 Å². The fourth-order valence-corrected chi connectivity index (χ4v) is 2.80. The van der Waals surface area contributed by atoms with Crippen LogP contribution in [0.3, 0.4) is 0 Å². The van der Waals surface area contributed by atoms with Crippen LogP contribution in [0.5, 0.6) is 0 Å². The fourth-order valence-electron chi connectivity index (χ4n) is 2.80. The molecule has 1 aliphatic rings. The second-order valence-corrected chi connectivity index (χ2v) is 5.90. The number of aromatic nitrogens is 2. The minimum absolute atomic E-state index is 0.222. The van der Waals surface area contributed by atoms with Gasteiger partial charge in [0.05, 0.1) is 6.20 Å². The predicted molar refractivity (Wildman–Crippen MR) is 79.2 cm³/mol. The highest BCUT2D eigenvalue weighted by molar-refractivity contribution is 5.75. The number of carbonyl (C=O) groups excluding carboxylic acids is 1. The SMILES string of the molecule is C[C@@H](CCC(=O)N(C)Cc1cnn(C)c1)N1CCCC1. The van der Waals surface area contributed by atoms with Gasteiger partial charge in [0.15, 0.2) is 0 Å². The molecule has 1 saturated heterocycles. The van der Waals surface area contributed by atoms with Crippen LogP contribution >= 0.6 is 0 Å². The molecule has 1 amide bonds. The van der Waals surface area contributed by atoms with Gasteiger partial charge < -0.3 is 9.80 Å². The van der Waals surface area contributed by atoms with Crippen molar-refractivity contribution in [1.82, 2.24) is 19.6 Å². The van der Waals surface area contributed by atoms with Crippen molar-refractivity contribution in [3.8, 4) is 0 Å². The summed E-state index contributed by atoms with van der Waals surface area (Å²) in [5.74, 6) is 0.222. The first-order valence-corrected chi connectivity index (χ1v) is 7.52. The summed E-state index contributed by atoms with van der Waals surface area (Å²) >= 11 is 0. The Morgan fingerprint density at radius 3 is 2.75 bits per heavy atom. The van der Waals surface area contributed by atoms with E-state index in [1.54, 1.807) is 9.58 Å². The molecule has 1 aromatic heterocycles. The Balaban J connectivity index is 1.73. The molecule has 1 fully saturated rings. The third kappa shape index (κ3) is 4.07. The van der Waals surface area contributed by atoms with Crippen molar-refractivity contribution >= 4 is 5.91 Å². The maximum atomic E-state index is 12.2. The van der Waals surface area contributed by atoms with Crippen LogP contribution in [0.2, 0.25) is 0 Å². The molecule has 1 atom stereocenters. The summed E-state index contributed by atoms with van der Waals surface area (Å²) in [6.45, 7) is 5.27. The lowest BCUT2D eigenvalue weighted by Crippen LogP contribution is -2.32. The molecule has 0 unspecified atom stereocenters. The number of amides is 1. The van der Waals surface area contributed by atoms with E-state index in [-0.39, 0.29) is 5.91 Å². The fraction of sp³-hybridized carbons (Fsp3) is 0.733. The molecule has 0 spiro atoms. The highest BCUT2D eigenvalue weighted by Crippen LogP contribution is 2.15. The van der Waals surface area contributed by atoms with Crippen LogP contribution < -0.4 is 0 Å². The molecule has 0 bridgehead atoms. The molecular formula is C15H26N4O. The van der Waals surface area contributed by atoms with Gasteiger partial charge in [0.25, 0.3) is 0 Å². The monoisotopic (exact) mass is 278 g/mol. The number of rotatable bonds is 6. The maximum Gasteiger partial charge on any atom is 0.222 e. The van der Waals surface area contributed by atoms with E-state index in [9.17, 15) is 4.79 Å². The highest BCUT2D eigenvalue weighted by atomic mass is 16.2. The summed E-state index contributed by atoms with van der Waals surface area (Å²) in [6.07, 6.45) is 7.97. The first-order valence-electron chi connectivity index (χ1n) is 7.52. The summed E-state index contributed by atoms with van der Waals surface area (Å²) in [5, 5.41) is 4.13. The average Bonchev–Trinajstić information content (AvgIpc) is 3.07. The van der Waals surface area contributed by atoms with Crippen LogP contribution in [-0.2, 0) is 18.4 Å². The molecule has 0 aromatic carbocycles. The molecule has 0 saturated carbocycles. The van der Waals surface area contributed by atoms with E-state index in [0.29, 0.717) is 19.0 Å². The zero-order chi connectivity index (χ0) is 14.5. The Morgan fingerprint density at radius 1 is 1.45 bits per heavy atom. The Kier molecular flexibility index (Phi) is 5.17. The summed E-state index contributed by atoms with van der Waals surface area (Å²) < 4.78 is 1.77. The molecule has 1 aliphatic heterocycles. The normalized spacial score (nSPS) is 17.4. The van der Waals surface area contributed by atoms with Gasteiger partial charge in [-0.25, -0.2) is 0 Å². The van der Waals surface area contributed by atoms with E-state index in [0.717, 1.165) is 12.0 Å². The van der Waals surface area contributed by atoms with Crippen LogP contribution in [0.25, 0.3) is 0 Å². The van der Waals surface area contributed by atoms with Crippen molar-refractivity contribution < 1.29 is 4.79 Å². The molecule has 20 heavy (non-hydrogen) atoms. The Hall–Kier alpha value is -1.36. The third-order valence-electron chi connectivity index (χ3n) is 4.14. The second-order valence-electron chi connectivity index (χ2n) is 5.90. The standard InChI is InChI=1S/C15H26N4O/c1-13(19-8-4-5-9-19)6-7-15(20)17(2)11-14-10-16-18(3)12-14/h10,12-13H,4-9,11H2,1-3H3/t13-/m0/s1. The summed E-state index contributed by atoms with van der Waals surface area (Å²) in [6, 6.07) is 0.522. The summed E-state index contributed by atoms with van der Waals surface area (Å²) in [4.78, 5) is 16.4. The van der Waals surface area contributed by atoms with Gasteiger partial charge in [-0.15, -0.1) is 0 Å². The molecule has 112 valence electrons. The van der Waals surface area contributed by atoms with E-state index in [1.807, 2.05) is 26.5 Å². The molecule has 5 heteroatoms. The van der Waals surface area contributed by atoms with E-state index >= 15 is 0 Å². The highest BCUT2D eigenvalue weighted by Gasteiger charge is 2.19. The molecular weight excluding hydrogens is 252 g/mol. The number of nitrogens with zero attached hydrogens (tertiary/aromatic N) is 4. The quantitative estimate of drug-likeness (QED) is 0.794. The molecule has 0 aliphatic carbocycles. The first-order chi connectivity index (χ1) is 9.56. The van der Waals surface area contributed by atoms with Gasteiger partial charge in [-0.2, -0.15) is 5.10 Å². The zero-order valence-corrected chi connectivity index (χ0v) is 12.9. The molecule has 2 heterocycles. The van der Waals surface area contributed by atoms with Crippen LogP contribution in [-0.4, -0.2) is 51.7 Å². The predicted octanol–water partition coefficient (Wildman–Crippen LogP) is 1.64. The summed E-state index contributed by atoms with van der Waals surface area (Å²) in [5.41, 5.74) is 1.08. The average molecular weight is 278 g/mol. The Bertz CT molecular complexity index is 437. The molecule has 0 radical (unpaired) electrons. The lowest BCUT2D eigenvalue weighted by Gasteiger charge is -2.24. The lowest BCUT2D eigenvalue weighted by molar-refractivity contribution is -0.130. The topological polar surface area (TPSA) is 41.4 Å². The third-order valence-corrected chi connectivity index (χ3v) is 4.14. The van der Waals surface area contributed by atoms with Crippen molar-refractivity contribution in [2.45, 2.75) is 45.2 Å². The van der Waals surface area contributed by atoms with Crippen molar-refractivity contribution in [1.29, 1.82) is 0 Å². The van der Waals surface area contributed by atoms with Gasteiger partial charge >= 0.3 is 0 Å². The van der Waals surface area contributed by atoms with Gasteiger partial charge in [0.1, 0.15) is 0 Å². The summed E-state index contributed by atoms with van der Waals surface area (Å²) in [7, 11) is 3.76. The van der Waals surface area contributed by atoms with Gasteiger partial charge in [0, 0.05) is 44.9 Å². The van der Waals surface area contributed by atoms with Gasteiger partial charge in [0.2, 0.25) is 5.91 Å². The van der Waals surface area contributed by atoms with Gasteiger partial charge in [-0.05, 0) is 39.3 Å². The first kappa shape index (κ1) is 15.0. The van der Waals surface area contributed by atoms with E-state index in [1.165, 1.54) is 25.9 Å². The molecule has 5 nitrogen and oxygen atoms in total. The second kappa shape index (κ2) is 6.88. The molecule has 0 N–H and O–H groups in total. The van der Waals surface area contributed by atoms with E-state index in [4.69, 9.17) is 0 Å². The number of hydrogen-bond donors (Lipinski definition) is 0. The van der Waals surface area contributed by atoms with E-state index < -0.39 is 0 Å². The van der Waals surface area contributed by atoms with Crippen LogP contribution in [0.4, 0.5) is 0 Å². The largest absolute Gasteiger partial charge is 0.341 e. The minimum Gasteiger partial charge on any atom is -0.341 e. The number of carbonyl (C=O) groups is 1. The number of hydrogen-bond acceptors (Lipinski definition) is 3. The van der Waals surface area contributed by atoms with Crippen LogP contribution in [0.15, 0.2) is 12.4 Å².